The fourth-order valence-electron chi connectivity index (χ4n) is 1.88. The second-order valence-electron chi connectivity index (χ2n) is 3.71. The Bertz CT molecular complexity index is 480. The summed E-state index contributed by atoms with van der Waals surface area (Å²) in [5, 5.41) is 2.47. The van der Waals surface area contributed by atoms with Gasteiger partial charge in [0.1, 0.15) is 0 Å². The molecule has 1 aromatic carbocycles. The molecule has 84 valence electrons. The number of hydrogen-bond acceptors (Lipinski definition) is 1. The second-order valence-corrected chi connectivity index (χ2v) is 3.71. The maximum atomic E-state index is 13.1. The fourth-order valence-corrected chi connectivity index (χ4v) is 1.88. The lowest BCUT2D eigenvalue weighted by molar-refractivity contribution is -0.116. The Morgan fingerprint density at radius 1 is 1.31 bits per heavy atom. The Labute approximate surface area is 92.0 Å². The van der Waals surface area contributed by atoms with E-state index in [0.29, 0.717) is 18.4 Å². The van der Waals surface area contributed by atoms with Crippen LogP contribution in [0, 0.1) is 11.6 Å². The van der Waals surface area contributed by atoms with Gasteiger partial charge in [0.2, 0.25) is 5.91 Å². The number of nitrogens with one attached hydrogen (secondary N) is 1. The van der Waals surface area contributed by atoms with Gasteiger partial charge in [0.05, 0.1) is 0 Å². The Morgan fingerprint density at radius 3 is 2.69 bits per heavy atom. The number of allylic oxidation sites excluding steroid dienone is 1. The number of benzene rings is 1. The third kappa shape index (κ3) is 1.83. The van der Waals surface area contributed by atoms with Crippen molar-refractivity contribution in [2.75, 3.05) is 7.05 Å². The van der Waals surface area contributed by atoms with Gasteiger partial charge in [0.25, 0.3) is 0 Å². The van der Waals surface area contributed by atoms with Crippen molar-refractivity contribution in [1.29, 1.82) is 0 Å². The minimum absolute atomic E-state index is 0.229. The van der Waals surface area contributed by atoms with Crippen molar-refractivity contribution in [2.24, 2.45) is 0 Å². The molecule has 1 aliphatic carbocycles. The molecule has 0 fully saturated rings. The van der Waals surface area contributed by atoms with E-state index in [1.165, 1.54) is 19.2 Å². The topological polar surface area (TPSA) is 29.1 Å². The summed E-state index contributed by atoms with van der Waals surface area (Å²) in [6.07, 6.45) is 2.73. The summed E-state index contributed by atoms with van der Waals surface area (Å²) < 4.78 is 26.0. The van der Waals surface area contributed by atoms with E-state index in [9.17, 15) is 13.6 Å². The summed E-state index contributed by atoms with van der Waals surface area (Å²) in [6.45, 7) is 0. The molecular weight excluding hydrogens is 212 g/mol. The standard InChI is InChI=1S/C12H11F2NO/c1-15-12(16)5-8-3-2-7-4-10(13)11(14)6-9(7)8/h4-6H,2-3H2,1H3,(H,15,16)/b8-5+. The lowest BCUT2D eigenvalue weighted by Crippen LogP contribution is -2.14. The van der Waals surface area contributed by atoms with Crippen LogP contribution in [0.2, 0.25) is 0 Å². The minimum atomic E-state index is -0.872. The number of aryl methyl sites for hydroxylation is 1. The predicted octanol–water partition coefficient (Wildman–Crippen LogP) is 2.04. The van der Waals surface area contributed by atoms with Crippen molar-refractivity contribution < 1.29 is 13.6 Å². The van der Waals surface area contributed by atoms with Crippen LogP contribution in [-0.2, 0) is 11.2 Å². The normalized spacial score (nSPS) is 16.3. The van der Waals surface area contributed by atoms with E-state index < -0.39 is 11.6 Å². The molecule has 0 bridgehead atoms. The first-order valence-electron chi connectivity index (χ1n) is 5.02. The van der Waals surface area contributed by atoms with Gasteiger partial charge in [-0.25, -0.2) is 8.78 Å². The number of carbonyl (C=O) groups excluding carboxylic acids is 1. The van der Waals surface area contributed by atoms with E-state index in [4.69, 9.17) is 0 Å². The summed E-state index contributed by atoms with van der Waals surface area (Å²) in [5.41, 5.74) is 2.16. The van der Waals surface area contributed by atoms with E-state index in [1.54, 1.807) is 0 Å². The number of likely N-dealkylation sites (N-methyl/N-ethyl adjacent to an activating group) is 1. The summed E-state index contributed by atoms with van der Waals surface area (Å²) in [6, 6.07) is 2.36. The number of fused-ring (bicyclic) bond motifs is 1. The van der Waals surface area contributed by atoms with Gasteiger partial charge in [0, 0.05) is 13.1 Å². The molecule has 0 aromatic heterocycles. The van der Waals surface area contributed by atoms with Crippen molar-refractivity contribution in [3.63, 3.8) is 0 Å². The van der Waals surface area contributed by atoms with Gasteiger partial charge in [-0.3, -0.25) is 4.79 Å². The average molecular weight is 223 g/mol. The van der Waals surface area contributed by atoms with Gasteiger partial charge in [-0.1, -0.05) is 0 Å². The number of amides is 1. The van der Waals surface area contributed by atoms with Crippen molar-refractivity contribution in [3.05, 3.63) is 41.0 Å². The molecular formula is C12H11F2NO. The first kappa shape index (κ1) is 10.8. The van der Waals surface area contributed by atoms with Gasteiger partial charge in [-0.2, -0.15) is 0 Å². The number of halogens is 2. The van der Waals surface area contributed by atoms with Crippen LogP contribution in [0.15, 0.2) is 18.2 Å². The highest BCUT2D eigenvalue weighted by Crippen LogP contribution is 2.33. The molecule has 4 heteroatoms. The van der Waals surface area contributed by atoms with Crippen LogP contribution in [0.4, 0.5) is 8.78 Å². The zero-order valence-corrected chi connectivity index (χ0v) is 8.81. The van der Waals surface area contributed by atoms with Crippen LogP contribution < -0.4 is 5.32 Å². The Kier molecular flexibility index (Phi) is 2.73. The van der Waals surface area contributed by atoms with Crippen molar-refractivity contribution in [2.45, 2.75) is 12.8 Å². The van der Waals surface area contributed by atoms with E-state index in [1.807, 2.05) is 0 Å². The molecule has 1 aliphatic rings. The largest absolute Gasteiger partial charge is 0.356 e. The number of carbonyl (C=O) groups is 1. The first-order chi connectivity index (χ1) is 7.61. The zero-order chi connectivity index (χ0) is 11.7. The van der Waals surface area contributed by atoms with E-state index in [2.05, 4.69) is 5.32 Å². The van der Waals surface area contributed by atoms with Gasteiger partial charge in [-0.05, 0) is 41.7 Å². The van der Waals surface area contributed by atoms with Gasteiger partial charge >= 0.3 is 0 Å². The number of rotatable bonds is 1. The van der Waals surface area contributed by atoms with Crippen LogP contribution in [0.5, 0.6) is 0 Å². The summed E-state index contributed by atoms with van der Waals surface area (Å²) >= 11 is 0. The monoisotopic (exact) mass is 223 g/mol. The predicted molar refractivity (Wildman–Crippen MR) is 56.7 cm³/mol. The first-order valence-corrected chi connectivity index (χ1v) is 5.02. The van der Waals surface area contributed by atoms with E-state index in [0.717, 1.165) is 17.2 Å². The molecule has 1 aromatic rings. The SMILES string of the molecule is CNC(=O)/C=C1\CCc2cc(F)c(F)cc21. The number of hydrogen-bond donors (Lipinski definition) is 1. The van der Waals surface area contributed by atoms with Crippen molar-refractivity contribution >= 4 is 11.5 Å². The molecule has 0 unspecified atom stereocenters. The molecule has 2 nitrogen and oxygen atoms in total. The average Bonchev–Trinajstić information content (AvgIpc) is 2.62. The van der Waals surface area contributed by atoms with E-state index in [-0.39, 0.29) is 5.91 Å². The lowest BCUT2D eigenvalue weighted by Gasteiger charge is -2.02. The van der Waals surface area contributed by atoms with Gasteiger partial charge in [-0.15, -0.1) is 0 Å². The molecule has 16 heavy (non-hydrogen) atoms. The molecule has 1 N–H and O–H groups in total. The molecule has 0 radical (unpaired) electrons. The zero-order valence-electron chi connectivity index (χ0n) is 8.81. The second kappa shape index (κ2) is 4.04. The van der Waals surface area contributed by atoms with Crippen molar-refractivity contribution in [3.8, 4) is 0 Å². The fraction of sp³-hybridized carbons (Fsp3) is 0.250. The highest BCUT2D eigenvalue weighted by Gasteiger charge is 2.19. The highest BCUT2D eigenvalue weighted by atomic mass is 19.2. The smallest absolute Gasteiger partial charge is 0.244 e. The van der Waals surface area contributed by atoms with Crippen LogP contribution in [0.1, 0.15) is 17.5 Å². The van der Waals surface area contributed by atoms with E-state index >= 15 is 0 Å². The minimum Gasteiger partial charge on any atom is -0.356 e. The highest BCUT2D eigenvalue weighted by molar-refractivity contribution is 5.96. The lowest BCUT2D eigenvalue weighted by atomic mass is 10.1. The summed E-state index contributed by atoms with van der Waals surface area (Å²) in [7, 11) is 1.53. The molecule has 0 spiro atoms. The van der Waals surface area contributed by atoms with Crippen molar-refractivity contribution in [1.82, 2.24) is 5.32 Å². The Balaban J connectivity index is 2.43. The van der Waals surface area contributed by atoms with Gasteiger partial charge < -0.3 is 5.32 Å². The van der Waals surface area contributed by atoms with Crippen LogP contribution in [0.3, 0.4) is 0 Å². The Hall–Kier alpha value is -1.71. The van der Waals surface area contributed by atoms with Gasteiger partial charge in [0.15, 0.2) is 11.6 Å². The third-order valence-corrected chi connectivity index (χ3v) is 2.71. The third-order valence-electron chi connectivity index (χ3n) is 2.71. The summed E-state index contributed by atoms with van der Waals surface area (Å²) in [4.78, 5) is 11.2. The molecule has 0 heterocycles. The Morgan fingerprint density at radius 2 is 2.00 bits per heavy atom. The quantitative estimate of drug-likeness (QED) is 0.725. The summed E-state index contributed by atoms with van der Waals surface area (Å²) in [5.74, 6) is -1.93. The molecule has 0 atom stereocenters. The van der Waals surface area contributed by atoms with Crippen LogP contribution in [-0.4, -0.2) is 13.0 Å². The van der Waals surface area contributed by atoms with Crippen LogP contribution >= 0.6 is 0 Å². The molecule has 0 saturated carbocycles. The maximum absolute atomic E-state index is 13.1. The molecule has 0 saturated heterocycles. The maximum Gasteiger partial charge on any atom is 0.244 e. The molecule has 0 aliphatic heterocycles. The molecule has 1 amide bonds. The molecule has 2 rings (SSSR count). The van der Waals surface area contributed by atoms with Crippen LogP contribution in [0.25, 0.3) is 5.57 Å².